The van der Waals surface area contributed by atoms with Crippen LogP contribution in [0.3, 0.4) is 0 Å². The Hall–Kier alpha value is -3.37. The predicted molar refractivity (Wildman–Crippen MR) is 101 cm³/mol. The number of aromatic nitrogens is 1. The van der Waals surface area contributed by atoms with Crippen molar-refractivity contribution in [1.82, 2.24) is 10.3 Å². The van der Waals surface area contributed by atoms with Gasteiger partial charge in [-0.3, -0.25) is 4.79 Å². The fourth-order valence-corrected chi connectivity index (χ4v) is 3.02. The summed E-state index contributed by atoms with van der Waals surface area (Å²) in [7, 11) is 0. The van der Waals surface area contributed by atoms with E-state index < -0.39 is 42.1 Å². The van der Waals surface area contributed by atoms with Crippen molar-refractivity contribution in [3.8, 4) is 5.88 Å². The van der Waals surface area contributed by atoms with E-state index in [0.29, 0.717) is 11.6 Å². The second kappa shape index (κ2) is 8.64. The number of carbonyl (C=O) groups excluding carboxylic acids is 1. The molecule has 0 unspecified atom stereocenters. The van der Waals surface area contributed by atoms with Gasteiger partial charge in [-0.05, 0) is 42.3 Å². The molecule has 4 nitrogen and oxygen atoms in total. The van der Waals surface area contributed by atoms with E-state index in [1.165, 1.54) is 25.1 Å². The van der Waals surface area contributed by atoms with E-state index >= 15 is 0 Å². The first-order valence-corrected chi connectivity index (χ1v) is 9.09. The molecule has 0 aliphatic rings. The molecule has 170 valence electrons. The highest BCUT2D eigenvalue weighted by molar-refractivity contribution is 6.02. The Morgan fingerprint density at radius 1 is 1.06 bits per heavy atom. The molecule has 0 spiro atoms. The van der Waals surface area contributed by atoms with E-state index in [0.717, 1.165) is 18.2 Å². The number of ether oxygens (including phenoxy) is 1. The average Bonchev–Trinajstić information content (AvgIpc) is 2.69. The third kappa shape index (κ3) is 5.45. The van der Waals surface area contributed by atoms with Gasteiger partial charge in [-0.2, -0.15) is 26.3 Å². The summed E-state index contributed by atoms with van der Waals surface area (Å²) >= 11 is 0. The molecule has 1 amide bonds. The van der Waals surface area contributed by atoms with Crippen LogP contribution in [-0.4, -0.2) is 23.7 Å². The van der Waals surface area contributed by atoms with Crippen molar-refractivity contribution in [2.24, 2.45) is 0 Å². The molecular formula is C21H15F7N2O2. The molecule has 0 aliphatic heterocycles. The number of aryl methyl sites for hydroxylation is 1. The van der Waals surface area contributed by atoms with Gasteiger partial charge in [0.25, 0.3) is 5.91 Å². The van der Waals surface area contributed by atoms with E-state index in [1.54, 1.807) is 0 Å². The van der Waals surface area contributed by atoms with Crippen LogP contribution in [0.5, 0.6) is 5.88 Å². The minimum absolute atomic E-state index is 0.0811. The highest BCUT2D eigenvalue weighted by Crippen LogP contribution is 2.34. The maximum Gasteiger partial charge on any atom is 0.422 e. The topological polar surface area (TPSA) is 51.2 Å². The van der Waals surface area contributed by atoms with Gasteiger partial charge < -0.3 is 10.1 Å². The summed E-state index contributed by atoms with van der Waals surface area (Å²) in [6.45, 7) is -0.595. The molecule has 32 heavy (non-hydrogen) atoms. The van der Waals surface area contributed by atoms with Crippen molar-refractivity contribution >= 4 is 16.8 Å². The zero-order valence-corrected chi connectivity index (χ0v) is 16.4. The van der Waals surface area contributed by atoms with Crippen LogP contribution >= 0.6 is 0 Å². The normalized spacial score (nSPS) is 12.1. The number of hydrogen-bond donors (Lipinski definition) is 1. The predicted octanol–water partition coefficient (Wildman–Crippen LogP) is 5.57. The zero-order chi connectivity index (χ0) is 23.7. The minimum atomic E-state index is -4.77. The Kier molecular flexibility index (Phi) is 6.29. The molecule has 0 atom stereocenters. The summed E-state index contributed by atoms with van der Waals surface area (Å²) in [5, 5.41) is 2.57. The summed E-state index contributed by atoms with van der Waals surface area (Å²) in [6, 6.07) is 7.81. The van der Waals surface area contributed by atoms with E-state index in [2.05, 4.69) is 15.0 Å². The van der Waals surface area contributed by atoms with E-state index in [4.69, 9.17) is 0 Å². The largest absolute Gasteiger partial charge is 0.467 e. The molecule has 0 bridgehead atoms. The van der Waals surface area contributed by atoms with Gasteiger partial charge in [-0.1, -0.05) is 18.2 Å². The number of rotatable bonds is 5. The van der Waals surface area contributed by atoms with Crippen LogP contribution in [0.15, 0.2) is 42.5 Å². The van der Waals surface area contributed by atoms with Crippen molar-refractivity contribution in [3.05, 3.63) is 70.5 Å². The van der Waals surface area contributed by atoms with Crippen molar-refractivity contribution in [2.45, 2.75) is 25.8 Å². The van der Waals surface area contributed by atoms with Crippen LogP contribution in [0.2, 0.25) is 0 Å². The zero-order valence-electron chi connectivity index (χ0n) is 16.4. The molecule has 11 heteroatoms. The number of fused-ring (bicyclic) bond motifs is 1. The monoisotopic (exact) mass is 460 g/mol. The van der Waals surface area contributed by atoms with Crippen molar-refractivity contribution in [2.75, 3.05) is 6.61 Å². The Balaban J connectivity index is 2.03. The molecule has 0 saturated heterocycles. The summed E-state index contributed by atoms with van der Waals surface area (Å²) in [4.78, 5) is 16.5. The lowest BCUT2D eigenvalue weighted by atomic mass is 10.0. The summed E-state index contributed by atoms with van der Waals surface area (Å²) in [5.74, 6) is -2.18. The molecule has 1 heterocycles. The van der Waals surface area contributed by atoms with Gasteiger partial charge in [0.15, 0.2) is 6.61 Å². The van der Waals surface area contributed by atoms with Crippen LogP contribution < -0.4 is 10.1 Å². The number of alkyl halides is 6. The van der Waals surface area contributed by atoms with Crippen LogP contribution in [0.1, 0.15) is 27.0 Å². The molecule has 1 N–H and O–H groups in total. The van der Waals surface area contributed by atoms with Crippen LogP contribution in [-0.2, 0) is 12.7 Å². The highest BCUT2D eigenvalue weighted by Gasteiger charge is 2.33. The van der Waals surface area contributed by atoms with Gasteiger partial charge in [-0.15, -0.1) is 0 Å². The van der Waals surface area contributed by atoms with E-state index in [1.807, 2.05) is 0 Å². The Morgan fingerprint density at radius 3 is 2.41 bits per heavy atom. The third-order valence-corrected chi connectivity index (χ3v) is 4.48. The Labute approximate surface area is 177 Å². The number of pyridine rings is 1. The number of benzene rings is 2. The summed E-state index contributed by atoms with van der Waals surface area (Å²) in [6.07, 6.45) is -9.47. The highest BCUT2D eigenvalue weighted by atomic mass is 19.4. The third-order valence-electron chi connectivity index (χ3n) is 4.48. The fourth-order valence-electron chi connectivity index (χ4n) is 3.02. The van der Waals surface area contributed by atoms with Crippen LogP contribution in [0, 0.1) is 12.7 Å². The van der Waals surface area contributed by atoms with Gasteiger partial charge in [0.05, 0.1) is 11.1 Å². The number of hydrogen-bond acceptors (Lipinski definition) is 3. The number of amides is 1. The Morgan fingerprint density at radius 2 is 1.78 bits per heavy atom. The lowest BCUT2D eigenvalue weighted by Gasteiger charge is -2.17. The number of nitrogens with zero attached hydrogens (tertiary/aromatic N) is 1. The van der Waals surface area contributed by atoms with Crippen molar-refractivity contribution in [1.29, 1.82) is 0 Å². The molecule has 2 aromatic carbocycles. The van der Waals surface area contributed by atoms with Gasteiger partial charge in [-0.25, -0.2) is 9.37 Å². The maximum absolute atomic E-state index is 13.3. The first-order chi connectivity index (χ1) is 14.8. The maximum atomic E-state index is 13.3. The quantitative estimate of drug-likeness (QED) is 0.507. The fraction of sp³-hybridized carbons (Fsp3) is 0.238. The smallest absolute Gasteiger partial charge is 0.422 e. The summed E-state index contributed by atoms with van der Waals surface area (Å²) in [5.41, 5.74) is -1.23. The second-order valence-corrected chi connectivity index (χ2v) is 6.86. The minimum Gasteiger partial charge on any atom is -0.467 e. The van der Waals surface area contributed by atoms with Gasteiger partial charge in [0.2, 0.25) is 5.88 Å². The molecule has 3 rings (SSSR count). The van der Waals surface area contributed by atoms with Crippen molar-refractivity contribution < 1.29 is 40.3 Å². The molecule has 0 fully saturated rings. The lowest BCUT2D eigenvalue weighted by molar-refractivity contribution is -0.154. The first-order valence-electron chi connectivity index (χ1n) is 9.09. The molecule has 0 saturated carbocycles. The standard InChI is InChI=1S/C21H15F7N2O2/c1-11-15-6-5-13(21(26,27)28)8-16(15)30-19(32-10-20(23,24)25)17(11)18(31)29-9-12-3-2-4-14(22)7-12/h2-8H,9-10H2,1H3,(H,29,31). The average molecular weight is 460 g/mol. The van der Waals surface area contributed by atoms with Crippen LogP contribution in [0.25, 0.3) is 10.9 Å². The number of halogens is 7. The molecule has 3 aromatic rings. The molecule has 0 aliphatic carbocycles. The summed E-state index contributed by atoms with van der Waals surface area (Å²) < 4.78 is 95.1. The van der Waals surface area contributed by atoms with Crippen molar-refractivity contribution in [3.63, 3.8) is 0 Å². The number of carbonyl (C=O) groups is 1. The van der Waals surface area contributed by atoms with Crippen LogP contribution in [0.4, 0.5) is 30.7 Å². The van der Waals surface area contributed by atoms with E-state index in [-0.39, 0.29) is 28.6 Å². The molecular weight excluding hydrogens is 445 g/mol. The first kappa shape index (κ1) is 23.3. The Bertz CT molecular complexity index is 1160. The second-order valence-electron chi connectivity index (χ2n) is 6.86. The van der Waals surface area contributed by atoms with E-state index in [9.17, 15) is 35.5 Å². The molecule has 1 aromatic heterocycles. The molecule has 0 radical (unpaired) electrons. The van der Waals surface area contributed by atoms with Gasteiger partial charge >= 0.3 is 12.4 Å². The van der Waals surface area contributed by atoms with Gasteiger partial charge in [0, 0.05) is 11.9 Å². The van der Waals surface area contributed by atoms with Gasteiger partial charge in [0.1, 0.15) is 11.4 Å². The lowest BCUT2D eigenvalue weighted by Crippen LogP contribution is -2.26. The SMILES string of the molecule is Cc1c(C(=O)NCc2cccc(F)c2)c(OCC(F)(F)F)nc2cc(C(F)(F)F)ccc12. The number of nitrogens with one attached hydrogen (secondary N) is 1.